The predicted octanol–water partition coefficient (Wildman–Crippen LogP) is 1.96. The van der Waals surface area contributed by atoms with Gasteiger partial charge in [0.2, 0.25) is 5.95 Å². The van der Waals surface area contributed by atoms with Crippen molar-refractivity contribution in [2.24, 2.45) is 0 Å². The Morgan fingerprint density at radius 2 is 1.68 bits per heavy atom. The van der Waals surface area contributed by atoms with Crippen LogP contribution < -0.4 is 24.8 Å². The van der Waals surface area contributed by atoms with E-state index in [1.807, 2.05) is 35.2 Å². The normalized spacial score (nSPS) is 13.9. The van der Waals surface area contributed by atoms with Gasteiger partial charge >= 0.3 is 0 Å². The van der Waals surface area contributed by atoms with Crippen LogP contribution in [0, 0.1) is 0 Å². The molecule has 2 aromatic carbocycles. The fourth-order valence-corrected chi connectivity index (χ4v) is 3.52. The third-order valence-corrected chi connectivity index (χ3v) is 5.24. The number of nitrogen functional groups attached to an aromatic ring is 1. The molecule has 0 spiro atoms. The number of nitrogens with two attached hydrogens (primary N) is 1. The molecule has 162 valence electrons. The molecule has 0 unspecified atom stereocenters. The quantitative estimate of drug-likeness (QED) is 0.642. The highest BCUT2D eigenvalue weighted by Crippen LogP contribution is 2.34. The Morgan fingerprint density at radius 1 is 1.00 bits per heavy atom. The number of benzene rings is 2. The molecule has 0 saturated carbocycles. The zero-order valence-corrected chi connectivity index (χ0v) is 17.6. The van der Waals surface area contributed by atoms with Crippen LogP contribution in [-0.4, -0.2) is 67.8 Å². The second kappa shape index (κ2) is 8.95. The number of hydrogen-bond acceptors (Lipinski definition) is 8. The van der Waals surface area contributed by atoms with Crippen molar-refractivity contribution >= 4 is 28.6 Å². The molecule has 31 heavy (non-hydrogen) atoms. The Morgan fingerprint density at radius 3 is 2.35 bits per heavy atom. The summed E-state index contributed by atoms with van der Waals surface area (Å²) in [4.78, 5) is 25.4. The summed E-state index contributed by atoms with van der Waals surface area (Å²) in [6.07, 6.45) is 0. The van der Waals surface area contributed by atoms with Crippen molar-refractivity contribution in [1.82, 2.24) is 14.9 Å². The number of nitrogens with zero attached hydrogens (tertiary/aromatic N) is 4. The maximum absolute atomic E-state index is 12.5. The summed E-state index contributed by atoms with van der Waals surface area (Å²) in [6, 6.07) is 12.9. The van der Waals surface area contributed by atoms with Gasteiger partial charge in [-0.2, -0.15) is 4.98 Å². The van der Waals surface area contributed by atoms with Gasteiger partial charge in [0.15, 0.2) is 18.1 Å². The SMILES string of the molecule is COc1cc2nc(N3CCN(C(=O)COc4ccccc4)CC3)nc(N)c2cc1OC. The first-order valence-corrected chi connectivity index (χ1v) is 9.99. The molecule has 9 nitrogen and oxygen atoms in total. The molecule has 0 bridgehead atoms. The lowest BCUT2D eigenvalue weighted by molar-refractivity contribution is -0.133. The second-order valence-corrected chi connectivity index (χ2v) is 7.10. The Bertz CT molecular complexity index is 1070. The smallest absolute Gasteiger partial charge is 0.260 e. The Labute approximate surface area is 180 Å². The van der Waals surface area contributed by atoms with Crippen LogP contribution >= 0.6 is 0 Å². The van der Waals surface area contributed by atoms with Crippen molar-refractivity contribution in [3.8, 4) is 17.2 Å². The van der Waals surface area contributed by atoms with Gasteiger partial charge in [0.05, 0.1) is 19.7 Å². The molecule has 0 radical (unpaired) electrons. The first kappa shape index (κ1) is 20.5. The molecule has 2 N–H and O–H groups in total. The van der Waals surface area contributed by atoms with E-state index in [2.05, 4.69) is 9.97 Å². The number of para-hydroxylation sites is 1. The Hall–Kier alpha value is -3.75. The Kier molecular flexibility index (Phi) is 5.92. The van der Waals surface area contributed by atoms with Crippen LogP contribution in [0.15, 0.2) is 42.5 Å². The largest absolute Gasteiger partial charge is 0.493 e. The zero-order valence-electron chi connectivity index (χ0n) is 17.6. The van der Waals surface area contributed by atoms with E-state index in [4.69, 9.17) is 19.9 Å². The number of anilines is 2. The first-order chi connectivity index (χ1) is 15.1. The molecule has 3 aromatic rings. The van der Waals surface area contributed by atoms with Crippen LogP contribution in [0.5, 0.6) is 17.2 Å². The standard InChI is InChI=1S/C22H25N5O4/c1-29-18-12-16-17(13-19(18)30-2)24-22(25-21(16)23)27-10-8-26(9-11-27)20(28)14-31-15-6-4-3-5-7-15/h3-7,12-13H,8-11,14H2,1-2H3,(H2,23,24,25). The van der Waals surface area contributed by atoms with Crippen LogP contribution in [0.2, 0.25) is 0 Å². The van der Waals surface area contributed by atoms with Gasteiger partial charge in [-0.25, -0.2) is 4.98 Å². The number of carbonyl (C=O) groups is 1. The van der Waals surface area contributed by atoms with E-state index in [-0.39, 0.29) is 12.5 Å². The monoisotopic (exact) mass is 423 g/mol. The van der Waals surface area contributed by atoms with E-state index in [1.54, 1.807) is 31.3 Å². The van der Waals surface area contributed by atoms with Crippen molar-refractivity contribution in [2.75, 3.05) is 57.6 Å². The molecule has 9 heteroatoms. The third-order valence-electron chi connectivity index (χ3n) is 5.24. The number of amides is 1. The molecule has 0 aliphatic carbocycles. The molecule has 1 aliphatic heterocycles. The van der Waals surface area contributed by atoms with Crippen LogP contribution in [-0.2, 0) is 4.79 Å². The fraction of sp³-hybridized carbons (Fsp3) is 0.318. The van der Waals surface area contributed by atoms with Gasteiger partial charge < -0.3 is 29.7 Å². The van der Waals surface area contributed by atoms with Gasteiger partial charge in [0, 0.05) is 37.6 Å². The van der Waals surface area contributed by atoms with E-state index in [9.17, 15) is 4.79 Å². The van der Waals surface area contributed by atoms with E-state index < -0.39 is 0 Å². The highest BCUT2D eigenvalue weighted by atomic mass is 16.5. The molecule has 1 saturated heterocycles. The number of rotatable bonds is 6. The van der Waals surface area contributed by atoms with Crippen molar-refractivity contribution < 1.29 is 19.0 Å². The molecular weight excluding hydrogens is 398 g/mol. The topological polar surface area (TPSA) is 103 Å². The lowest BCUT2D eigenvalue weighted by atomic mass is 10.2. The number of ether oxygens (including phenoxy) is 3. The number of carbonyl (C=O) groups excluding carboxylic acids is 1. The number of hydrogen-bond donors (Lipinski definition) is 1. The first-order valence-electron chi connectivity index (χ1n) is 9.99. The van der Waals surface area contributed by atoms with Crippen LogP contribution in [0.3, 0.4) is 0 Å². The summed E-state index contributed by atoms with van der Waals surface area (Å²) in [7, 11) is 3.15. The van der Waals surface area contributed by atoms with E-state index in [0.717, 1.165) is 0 Å². The second-order valence-electron chi connectivity index (χ2n) is 7.10. The minimum absolute atomic E-state index is 0.0189. The zero-order chi connectivity index (χ0) is 21.8. The van der Waals surface area contributed by atoms with Crippen molar-refractivity contribution in [3.63, 3.8) is 0 Å². The molecule has 2 heterocycles. The summed E-state index contributed by atoms with van der Waals surface area (Å²) >= 11 is 0. The molecule has 4 rings (SSSR count). The molecule has 1 amide bonds. The highest BCUT2D eigenvalue weighted by Gasteiger charge is 2.24. The average molecular weight is 423 g/mol. The molecule has 0 atom stereocenters. The maximum atomic E-state index is 12.5. The van der Waals surface area contributed by atoms with Gasteiger partial charge in [-0.1, -0.05) is 18.2 Å². The lowest BCUT2D eigenvalue weighted by Crippen LogP contribution is -2.50. The predicted molar refractivity (Wildman–Crippen MR) is 118 cm³/mol. The van der Waals surface area contributed by atoms with E-state index in [1.165, 1.54) is 0 Å². The maximum Gasteiger partial charge on any atom is 0.260 e. The summed E-state index contributed by atoms with van der Waals surface area (Å²) in [5.74, 6) is 2.69. The summed E-state index contributed by atoms with van der Waals surface area (Å²) in [5, 5.41) is 0.702. The van der Waals surface area contributed by atoms with Gasteiger partial charge in [-0.05, 0) is 18.2 Å². The fourth-order valence-electron chi connectivity index (χ4n) is 3.52. The minimum atomic E-state index is -0.0423. The minimum Gasteiger partial charge on any atom is -0.493 e. The number of methoxy groups -OCH3 is 2. The van der Waals surface area contributed by atoms with E-state index in [0.29, 0.717) is 66.1 Å². The van der Waals surface area contributed by atoms with Crippen molar-refractivity contribution in [2.45, 2.75) is 0 Å². The number of piperazine rings is 1. The van der Waals surface area contributed by atoms with Crippen molar-refractivity contribution in [1.29, 1.82) is 0 Å². The number of aromatic nitrogens is 2. The van der Waals surface area contributed by atoms with Gasteiger partial charge in [0.25, 0.3) is 5.91 Å². The lowest BCUT2D eigenvalue weighted by Gasteiger charge is -2.34. The van der Waals surface area contributed by atoms with Crippen molar-refractivity contribution in [3.05, 3.63) is 42.5 Å². The van der Waals surface area contributed by atoms with E-state index >= 15 is 0 Å². The average Bonchev–Trinajstić information content (AvgIpc) is 2.82. The molecule has 1 fully saturated rings. The summed E-state index contributed by atoms with van der Waals surface area (Å²) in [5.41, 5.74) is 6.87. The van der Waals surface area contributed by atoms with Gasteiger partial charge in [-0.3, -0.25) is 4.79 Å². The van der Waals surface area contributed by atoms with Crippen LogP contribution in [0.4, 0.5) is 11.8 Å². The molecular formula is C22H25N5O4. The van der Waals surface area contributed by atoms with Gasteiger partial charge in [0.1, 0.15) is 11.6 Å². The highest BCUT2D eigenvalue weighted by molar-refractivity contribution is 5.91. The number of fused-ring (bicyclic) bond motifs is 1. The summed E-state index contributed by atoms with van der Waals surface area (Å²) < 4.78 is 16.3. The van der Waals surface area contributed by atoms with Crippen LogP contribution in [0.25, 0.3) is 10.9 Å². The van der Waals surface area contributed by atoms with Crippen LogP contribution in [0.1, 0.15) is 0 Å². The Balaban J connectivity index is 1.42. The van der Waals surface area contributed by atoms with Gasteiger partial charge in [-0.15, -0.1) is 0 Å². The molecule has 1 aliphatic rings. The summed E-state index contributed by atoms with van der Waals surface area (Å²) in [6.45, 7) is 2.35. The molecule has 1 aromatic heterocycles. The third kappa shape index (κ3) is 4.40.